The Labute approximate surface area is 73.6 Å². The second-order valence-corrected chi connectivity index (χ2v) is 3.01. The minimum Gasteiger partial charge on any atom is -0.504 e. The summed E-state index contributed by atoms with van der Waals surface area (Å²) in [4.78, 5) is 3.07. The predicted octanol–water partition coefficient (Wildman–Crippen LogP) is 2.62. The van der Waals surface area contributed by atoms with E-state index in [0.29, 0.717) is 5.58 Å². The first kappa shape index (κ1) is 6.60. The first-order chi connectivity index (χ1) is 6.36. The maximum absolute atomic E-state index is 9.40. The van der Waals surface area contributed by atoms with Crippen LogP contribution in [-0.2, 0) is 0 Å². The smallest absolute Gasteiger partial charge is 0.161 e. The van der Waals surface area contributed by atoms with E-state index in [-0.39, 0.29) is 5.75 Å². The normalized spacial score (nSPS) is 11.4. The molecule has 2 heterocycles. The summed E-state index contributed by atoms with van der Waals surface area (Å²) in [6, 6.07) is 5.77. The molecule has 1 aromatic carbocycles. The molecule has 0 radical (unpaired) electrons. The average molecular weight is 173 g/mol. The Morgan fingerprint density at radius 2 is 2.15 bits per heavy atom. The van der Waals surface area contributed by atoms with Gasteiger partial charge in [0.15, 0.2) is 11.3 Å². The van der Waals surface area contributed by atoms with Gasteiger partial charge in [0.1, 0.15) is 6.26 Å². The Balaban J connectivity index is 2.66. The van der Waals surface area contributed by atoms with Gasteiger partial charge in [-0.25, -0.2) is 0 Å². The lowest BCUT2D eigenvalue weighted by molar-refractivity contribution is 0.464. The second-order valence-electron chi connectivity index (χ2n) is 3.01. The Kier molecular flexibility index (Phi) is 1.05. The lowest BCUT2D eigenvalue weighted by atomic mass is 10.2. The zero-order valence-corrected chi connectivity index (χ0v) is 6.74. The Bertz CT molecular complexity index is 577. The second kappa shape index (κ2) is 2.07. The number of hydrogen-bond donors (Lipinski definition) is 2. The summed E-state index contributed by atoms with van der Waals surface area (Å²) < 4.78 is 5.24. The van der Waals surface area contributed by atoms with Crippen molar-refractivity contribution in [3.63, 3.8) is 0 Å². The molecule has 0 aliphatic carbocycles. The largest absolute Gasteiger partial charge is 0.504 e. The van der Waals surface area contributed by atoms with Crippen LogP contribution in [0.15, 0.2) is 35.1 Å². The Hall–Kier alpha value is -1.90. The van der Waals surface area contributed by atoms with E-state index < -0.39 is 0 Å². The van der Waals surface area contributed by atoms with Gasteiger partial charge in [-0.05, 0) is 12.1 Å². The monoisotopic (exact) mass is 173 g/mol. The molecule has 0 saturated carbocycles. The molecule has 3 aromatic rings. The van der Waals surface area contributed by atoms with Gasteiger partial charge >= 0.3 is 0 Å². The van der Waals surface area contributed by atoms with Crippen LogP contribution in [0.2, 0.25) is 0 Å². The lowest BCUT2D eigenvalue weighted by Gasteiger charge is -1.90. The lowest BCUT2D eigenvalue weighted by Crippen LogP contribution is -1.68. The number of nitrogens with one attached hydrogen (secondary N) is 1. The molecule has 0 saturated heterocycles. The van der Waals surface area contributed by atoms with Crippen LogP contribution in [0.3, 0.4) is 0 Å². The molecule has 3 nitrogen and oxygen atoms in total. The highest BCUT2D eigenvalue weighted by Gasteiger charge is 2.07. The molecule has 0 spiro atoms. The number of rotatable bonds is 0. The van der Waals surface area contributed by atoms with Crippen molar-refractivity contribution in [3.05, 3.63) is 30.7 Å². The van der Waals surface area contributed by atoms with Crippen molar-refractivity contribution in [3.8, 4) is 5.75 Å². The number of H-pyrrole nitrogens is 1. The highest BCUT2D eigenvalue weighted by molar-refractivity contribution is 6.04. The van der Waals surface area contributed by atoms with Crippen LogP contribution in [0.25, 0.3) is 21.9 Å². The fourth-order valence-corrected chi connectivity index (χ4v) is 1.60. The number of aromatic amines is 1. The molecule has 3 heteroatoms. The highest BCUT2D eigenvalue weighted by Crippen LogP contribution is 2.31. The molecular weight excluding hydrogens is 166 g/mol. The molecule has 0 amide bonds. The van der Waals surface area contributed by atoms with Gasteiger partial charge in [0.2, 0.25) is 0 Å². The van der Waals surface area contributed by atoms with E-state index in [2.05, 4.69) is 4.98 Å². The van der Waals surface area contributed by atoms with Crippen molar-refractivity contribution in [2.24, 2.45) is 0 Å². The Morgan fingerprint density at radius 3 is 3.08 bits per heavy atom. The fourth-order valence-electron chi connectivity index (χ4n) is 1.60. The number of aromatic nitrogens is 1. The van der Waals surface area contributed by atoms with Crippen LogP contribution in [0.5, 0.6) is 5.75 Å². The Morgan fingerprint density at radius 1 is 1.23 bits per heavy atom. The number of aromatic hydroxyl groups is 1. The number of fused-ring (bicyclic) bond motifs is 3. The van der Waals surface area contributed by atoms with E-state index >= 15 is 0 Å². The molecule has 2 aromatic heterocycles. The third-order valence-electron chi connectivity index (χ3n) is 2.24. The van der Waals surface area contributed by atoms with Gasteiger partial charge in [-0.2, -0.15) is 0 Å². The van der Waals surface area contributed by atoms with Crippen molar-refractivity contribution in [2.45, 2.75) is 0 Å². The first-order valence-corrected chi connectivity index (χ1v) is 4.02. The van der Waals surface area contributed by atoms with Crippen molar-refractivity contribution >= 4 is 21.9 Å². The van der Waals surface area contributed by atoms with Gasteiger partial charge < -0.3 is 14.5 Å². The molecule has 2 N–H and O–H groups in total. The topological polar surface area (TPSA) is 49.2 Å². The third-order valence-corrected chi connectivity index (χ3v) is 2.24. The van der Waals surface area contributed by atoms with E-state index in [0.717, 1.165) is 16.3 Å². The van der Waals surface area contributed by atoms with Gasteiger partial charge in [-0.1, -0.05) is 6.07 Å². The van der Waals surface area contributed by atoms with Crippen LogP contribution in [-0.4, -0.2) is 10.1 Å². The first-order valence-electron chi connectivity index (χ1n) is 4.02. The number of hydrogen-bond acceptors (Lipinski definition) is 2. The maximum Gasteiger partial charge on any atom is 0.161 e. The SMILES string of the molecule is Oc1coc2c1ccc1cc[nH]c12. The number of benzene rings is 1. The summed E-state index contributed by atoms with van der Waals surface area (Å²) >= 11 is 0. The maximum atomic E-state index is 9.40. The molecule has 0 aliphatic heterocycles. The van der Waals surface area contributed by atoms with Crippen LogP contribution in [0.4, 0.5) is 0 Å². The van der Waals surface area contributed by atoms with Gasteiger partial charge in [-0.15, -0.1) is 0 Å². The standard InChI is InChI=1S/C10H7NO2/c12-8-5-13-10-7(8)2-1-6-3-4-11-9(6)10/h1-5,11-12H. The molecule has 0 aliphatic rings. The van der Waals surface area contributed by atoms with Gasteiger partial charge in [-0.3, -0.25) is 0 Å². The summed E-state index contributed by atoms with van der Waals surface area (Å²) in [7, 11) is 0. The van der Waals surface area contributed by atoms with E-state index in [1.807, 2.05) is 24.4 Å². The average Bonchev–Trinajstić information content (AvgIpc) is 2.70. The van der Waals surface area contributed by atoms with Crippen molar-refractivity contribution in [2.75, 3.05) is 0 Å². The molecule has 0 fully saturated rings. The summed E-state index contributed by atoms with van der Waals surface area (Å²) in [6.45, 7) is 0. The molecule has 0 unspecified atom stereocenters. The van der Waals surface area contributed by atoms with E-state index in [1.165, 1.54) is 6.26 Å². The van der Waals surface area contributed by atoms with Crippen molar-refractivity contribution < 1.29 is 9.52 Å². The summed E-state index contributed by atoms with van der Waals surface area (Å²) in [5.41, 5.74) is 1.64. The minimum atomic E-state index is 0.187. The van der Waals surface area contributed by atoms with Crippen molar-refractivity contribution in [1.82, 2.24) is 4.98 Å². The minimum absolute atomic E-state index is 0.187. The van der Waals surface area contributed by atoms with Crippen LogP contribution < -0.4 is 0 Å². The molecule has 0 atom stereocenters. The molecule has 13 heavy (non-hydrogen) atoms. The zero-order valence-electron chi connectivity index (χ0n) is 6.74. The predicted molar refractivity (Wildman–Crippen MR) is 49.7 cm³/mol. The molecular formula is C10H7NO2. The van der Waals surface area contributed by atoms with Crippen LogP contribution in [0, 0.1) is 0 Å². The highest BCUT2D eigenvalue weighted by atomic mass is 16.4. The third kappa shape index (κ3) is 0.731. The molecule has 64 valence electrons. The van der Waals surface area contributed by atoms with Gasteiger partial charge in [0.25, 0.3) is 0 Å². The van der Waals surface area contributed by atoms with E-state index in [4.69, 9.17) is 4.42 Å². The molecule has 3 rings (SSSR count). The van der Waals surface area contributed by atoms with Gasteiger partial charge in [0.05, 0.1) is 10.9 Å². The van der Waals surface area contributed by atoms with E-state index in [1.54, 1.807) is 0 Å². The summed E-state index contributed by atoms with van der Waals surface area (Å²) in [5.74, 6) is 0.187. The molecule has 0 bridgehead atoms. The zero-order chi connectivity index (χ0) is 8.84. The van der Waals surface area contributed by atoms with Crippen molar-refractivity contribution in [1.29, 1.82) is 0 Å². The fraction of sp³-hybridized carbons (Fsp3) is 0. The summed E-state index contributed by atoms with van der Waals surface area (Å²) in [6.07, 6.45) is 3.20. The van der Waals surface area contributed by atoms with Gasteiger partial charge in [0, 0.05) is 11.6 Å². The summed E-state index contributed by atoms with van der Waals surface area (Å²) in [5, 5.41) is 11.2. The van der Waals surface area contributed by atoms with Crippen LogP contribution >= 0.6 is 0 Å². The van der Waals surface area contributed by atoms with E-state index in [9.17, 15) is 5.11 Å². The quantitative estimate of drug-likeness (QED) is 0.549. The van der Waals surface area contributed by atoms with Crippen LogP contribution in [0.1, 0.15) is 0 Å². The number of furan rings is 1.